The Balaban J connectivity index is 3.39. The first-order chi connectivity index (χ1) is 7.81. The zero-order valence-corrected chi connectivity index (χ0v) is 12.3. The second kappa shape index (κ2) is 5.38. The van der Waals surface area contributed by atoms with Gasteiger partial charge in [0.1, 0.15) is 5.75 Å². The number of aliphatic hydroxyl groups excluding tert-OH is 1. The smallest absolute Gasteiger partial charge is 0.137 e. The van der Waals surface area contributed by atoms with E-state index >= 15 is 0 Å². The third-order valence-electron chi connectivity index (χ3n) is 2.74. The number of benzene rings is 1. The molecule has 1 aromatic carbocycles. The van der Waals surface area contributed by atoms with E-state index in [0.29, 0.717) is 5.75 Å². The average molecular weight is 302 g/mol. The van der Waals surface area contributed by atoms with Gasteiger partial charge in [-0.1, -0.05) is 20.8 Å². The Labute approximate surface area is 111 Å². The van der Waals surface area contributed by atoms with E-state index < -0.39 is 6.04 Å². The lowest BCUT2D eigenvalue weighted by atomic mass is 9.85. The van der Waals surface area contributed by atoms with Gasteiger partial charge in [0.15, 0.2) is 0 Å². The summed E-state index contributed by atoms with van der Waals surface area (Å²) in [5.41, 5.74) is 7.91. The van der Waals surface area contributed by atoms with Gasteiger partial charge in [0.2, 0.25) is 0 Å². The normalized spacial score (nSPS) is 13.6. The van der Waals surface area contributed by atoms with Crippen LogP contribution in [-0.2, 0) is 5.41 Å². The van der Waals surface area contributed by atoms with Crippen LogP contribution >= 0.6 is 15.9 Å². The van der Waals surface area contributed by atoms with Crippen molar-refractivity contribution in [2.45, 2.75) is 32.2 Å². The van der Waals surface area contributed by atoms with Crippen LogP contribution < -0.4 is 10.5 Å². The van der Waals surface area contributed by atoms with Crippen molar-refractivity contribution in [2.75, 3.05) is 13.7 Å². The Bertz CT molecular complexity index is 399. The predicted molar refractivity (Wildman–Crippen MR) is 73.4 cm³/mol. The fraction of sp³-hybridized carbons (Fsp3) is 0.538. The van der Waals surface area contributed by atoms with Gasteiger partial charge < -0.3 is 15.6 Å². The Morgan fingerprint density at radius 2 is 2.00 bits per heavy atom. The molecule has 1 unspecified atom stereocenters. The quantitative estimate of drug-likeness (QED) is 0.902. The minimum Gasteiger partial charge on any atom is -0.495 e. The highest BCUT2D eigenvalue weighted by molar-refractivity contribution is 9.10. The summed E-state index contributed by atoms with van der Waals surface area (Å²) in [5, 5.41) is 9.20. The monoisotopic (exact) mass is 301 g/mol. The SMILES string of the molecule is COc1c(Br)cc(C(C)(C)C)cc1C(N)CO. The lowest BCUT2D eigenvalue weighted by Gasteiger charge is -2.23. The van der Waals surface area contributed by atoms with Crippen LogP contribution in [0.25, 0.3) is 0 Å². The molecule has 0 aromatic heterocycles. The van der Waals surface area contributed by atoms with E-state index in [4.69, 9.17) is 10.5 Å². The summed E-state index contributed by atoms with van der Waals surface area (Å²) in [4.78, 5) is 0. The largest absolute Gasteiger partial charge is 0.495 e. The lowest BCUT2D eigenvalue weighted by molar-refractivity contribution is 0.264. The number of methoxy groups -OCH3 is 1. The second-order valence-electron chi connectivity index (χ2n) is 5.12. The Morgan fingerprint density at radius 3 is 2.41 bits per heavy atom. The molecular formula is C13H20BrNO2. The summed E-state index contributed by atoms with van der Waals surface area (Å²) in [5.74, 6) is 0.694. The molecule has 0 spiro atoms. The molecule has 3 nitrogen and oxygen atoms in total. The Hall–Kier alpha value is -0.580. The van der Waals surface area contributed by atoms with Crippen molar-refractivity contribution in [2.24, 2.45) is 5.73 Å². The molecule has 0 aliphatic carbocycles. The lowest BCUT2D eigenvalue weighted by Crippen LogP contribution is -2.18. The van der Waals surface area contributed by atoms with E-state index in [-0.39, 0.29) is 12.0 Å². The van der Waals surface area contributed by atoms with Crippen molar-refractivity contribution >= 4 is 15.9 Å². The first-order valence-corrected chi connectivity index (χ1v) is 6.35. The summed E-state index contributed by atoms with van der Waals surface area (Å²) in [6.07, 6.45) is 0. The van der Waals surface area contributed by atoms with E-state index in [9.17, 15) is 5.11 Å². The molecule has 0 fully saturated rings. The fourth-order valence-corrected chi connectivity index (χ4v) is 2.27. The maximum absolute atomic E-state index is 9.20. The molecule has 0 heterocycles. The summed E-state index contributed by atoms with van der Waals surface area (Å²) < 4.78 is 6.20. The minimum absolute atomic E-state index is 0.0265. The van der Waals surface area contributed by atoms with Crippen LogP contribution in [0.15, 0.2) is 16.6 Å². The van der Waals surface area contributed by atoms with Gasteiger partial charge in [0.25, 0.3) is 0 Å². The van der Waals surface area contributed by atoms with Gasteiger partial charge in [-0.15, -0.1) is 0 Å². The van der Waals surface area contributed by atoms with Crippen molar-refractivity contribution in [3.05, 3.63) is 27.7 Å². The molecule has 0 saturated heterocycles. The standard InChI is InChI=1S/C13H20BrNO2/c1-13(2,3)8-5-9(11(15)7-16)12(17-4)10(14)6-8/h5-6,11,16H,7,15H2,1-4H3. The number of hydrogen-bond acceptors (Lipinski definition) is 3. The van der Waals surface area contributed by atoms with E-state index in [2.05, 4.69) is 36.7 Å². The van der Waals surface area contributed by atoms with Crippen molar-refractivity contribution in [3.63, 3.8) is 0 Å². The molecule has 1 aromatic rings. The van der Waals surface area contributed by atoms with E-state index in [1.807, 2.05) is 12.1 Å². The first-order valence-electron chi connectivity index (χ1n) is 5.55. The van der Waals surface area contributed by atoms with Crippen LogP contribution in [0.2, 0.25) is 0 Å². The Morgan fingerprint density at radius 1 is 1.41 bits per heavy atom. The minimum atomic E-state index is -0.427. The van der Waals surface area contributed by atoms with Gasteiger partial charge in [-0.2, -0.15) is 0 Å². The molecule has 3 N–H and O–H groups in total. The summed E-state index contributed by atoms with van der Waals surface area (Å²) in [6, 6.07) is 3.61. The van der Waals surface area contributed by atoms with Crippen LogP contribution in [0.5, 0.6) is 5.75 Å². The topological polar surface area (TPSA) is 55.5 Å². The van der Waals surface area contributed by atoms with Gasteiger partial charge in [-0.3, -0.25) is 0 Å². The fourth-order valence-electron chi connectivity index (χ4n) is 1.64. The second-order valence-corrected chi connectivity index (χ2v) is 5.97. The van der Waals surface area contributed by atoms with Crippen molar-refractivity contribution < 1.29 is 9.84 Å². The summed E-state index contributed by atoms with van der Waals surface area (Å²) >= 11 is 3.49. The highest BCUT2D eigenvalue weighted by atomic mass is 79.9. The zero-order chi connectivity index (χ0) is 13.2. The molecule has 17 heavy (non-hydrogen) atoms. The summed E-state index contributed by atoms with van der Waals surface area (Å²) in [7, 11) is 1.60. The van der Waals surface area contributed by atoms with Crippen LogP contribution in [0.3, 0.4) is 0 Å². The predicted octanol–water partition coefficient (Wildman–Crippen LogP) is 2.75. The number of hydrogen-bond donors (Lipinski definition) is 2. The molecule has 0 amide bonds. The van der Waals surface area contributed by atoms with E-state index in [0.717, 1.165) is 15.6 Å². The maximum atomic E-state index is 9.20. The maximum Gasteiger partial charge on any atom is 0.137 e. The van der Waals surface area contributed by atoms with Gasteiger partial charge in [0, 0.05) is 5.56 Å². The van der Waals surface area contributed by atoms with Crippen molar-refractivity contribution in [1.29, 1.82) is 0 Å². The average Bonchev–Trinajstić information content (AvgIpc) is 2.25. The number of nitrogens with two attached hydrogens (primary N) is 1. The molecule has 0 bridgehead atoms. The number of rotatable bonds is 3. The van der Waals surface area contributed by atoms with Crippen LogP contribution in [0.1, 0.15) is 37.9 Å². The Kier molecular flexibility index (Phi) is 4.58. The van der Waals surface area contributed by atoms with Crippen LogP contribution in [0, 0.1) is 0 Å². The highest BCUT2D eigenvalue weighted by Gasteiger charge is 2.21. The van der Waals surface area contributed by atoms with E-state index in [1.54, 1.807) is 7.11 Å². The molecule has 0 saturated carbocycles. The number of halogens is 1. The molecular weight excluding hydrogens is 282 g/mol. The van der Waals surface area contributed by atoms with Gasteiger partial charge >= 0.3 is 0 Å². The molecule has 0 aliphatic heterocycles. The molecule has 1 atom stereocenters. The van der Waals surface area contributed by atoms with Crippen molar-refractivity contribution in [3.8, 4) is 5.75 Å². The van der Waals surface area contributed by atoms with Crippen LogP contribution in [-0.4, -0.2) is 18.8 Å². The third-order valence-corrected chi connectivity index (χ3v) is 3.33. The highest BCUT2D eigenvalue weighted by Crippen LogP contribution is 2.37. The molecule has 0 radical (unpaired) electrons. The molecule has 1 rings (SSSR count). The van der Waals surface area contributed by atoms with E-state index in [1.165, 1.54) is 0 Å². The van der Waals surface area contributed by atoms with Gasteiger partial charge in [-0.05, 0) is 39.0 Å². The number of ether oxygens (including phenoxy) is 1. The first kappa shape index (κ1) is 14.5. The zero-order valence-electron chi connectivity index (χ0n) is 10.7. The van der Waals surface area contributed by atoms with Crippen molar-refractivity contribution in [1.82, 2.24) is 0 Å². The van der Waals surface area contributed by atoms with Gasteiger partial charge in [0.05, 0.1) is 24.2 Å². The summed E-state index contributed by atoms with van der Waals surface area (Å²) in [6.45, 7) is 6.30. The molecule has 0 aliphatic rings. The third kappa shape index (κ3) is 3.21. The number of aliphatic hydroxyl groups is 1. The van der Waals surface area contributed by atoms with Gasteiger partial charge in [-0.25, -0.2) is 0 Å². The molecule has 4 heteroatoms. The molecule has 96 valence electrons. The van der Waals surface area contributed by atoms with Crippen LogP contribution in [0.4, 0.5) is 0 Å².